The maximum absolute atomic E-state index is 12.4. The Labute approximate surface area is 165 Å². The van der Waals surface area contributed by atoms with E-state index in [9.17, 15) is 9.59 Å². The first-order valence-corrected chi connectivity index (χ1v) is 9.51. The van der Waals surface area contributed by atoms with E-state index in [1.807, 2.05) is 36.4 Å². The van der Waals surface area contributed by atoms with Crippen LogP contribution in [0.15, 0.2) is 71.9 Å². The number of esters is 1. The highest BCUT2D eigenvalue weighted by atomic mass is 16.5. The van der Waals surface area contributed by atoms with Gasteiger partial charge in [-0.05, 0) is 13.8 Å². The van der Waals surface area contributed by atoms with Gasteiger partial charge in [-0.15, -0.1) is 0 Å². The van der Waals surface area contributed by atoms with Crippen LogP contribution in [0.2, 0.25) is 0 Å². The number of carbonyl (C=O) groups excluding carboxylic acids is 2. The van der Waals surface area contributed by atoms with Gasteiger partial charge in [0, 0.05) is 11.1 Å². The molecule has 1 aliphatic heterocycles. The molecule has 6 heteroatoms. The molecular weight excluding hydrogens is 354 g/mol. The number of quaternary nitrogens is 1. The molecule has 0 aromatic heterocycles. The van der Waals surface area contributed by atoms with Crippen LogP contribution in [0.1, 0.15) is 31.0 Å². The molecule has 3 rings (SSSR count). The molecule has 0 saturated heterocycles. The van der Waals surface area contributed by atoms with Gasteiger partial charge in [0.1, 0.15) is 12.6 Å². The number of ether oxygens (including phenoxy) is 1. The van der Waals surface area contributed by atoms with Crippen LogP contribution in [0.5, 0.6) is 0 Å². The van der Waals surface area contributed by atoms with Crippen LogP contribution in [-0.4, -0.2) is 31.2 Å². The lowest BCUT2D eigenvalue weighted by Gasteiger charge is -2.27. The molecule has 146 valence electrons. The fourth-order valence-corrected chi connectivity index (χ4v) is 3.46. The second-order valence-electron chi connectivity index (χ2n) is 6.67. The molecule has 0 spiro atoms. The van der Waals surface area contributed by atoms with Crippen LogP contribution in [0.3, 0.4) is 0 Å². The van der Waals surface area contributed by atoms with E-state index in [2.05, 4.69) is 40.2 Å². The van der Waals surface area contributed by atoms with Gasteiger partial charge < -0.3 is 20.7 Å². The van der Waals surface area contributed by atoms with Crippen molar-refractivity contribution in [2.75, 3.05) is 13.2 Å². The number of benzene rings is 2. The molecule has 0 unspecified atom stereocenters. The predicted octanol–water partition coefficient (Wildman–Crippen LogP) is 1.86. The number of nitrogens with two attached hydrogens (primary N) is 1. The first-order valence-electron chi connectivity index (χ1n) is 9.51. The molecule has 2 aromatic carbocycles. The molecule has 28 heavy (non-hydrogen) atoms. The van der Waals surface area contributed by atoms with E-state index in [0.29, 0.717) is 17.8 Å². The van der Waals surface area contributed by atoms with Gasteiger partial charge in [0.25, 0.3) is 0 Å². The van der Waals surface area contributed by atoms with Crippen molar-refractivity contribution < 1.29 is 19.6 Å². The first-order chi connectivity index (χ1) is 13.6. The lowest BCUT2D eigenvalue weighted by atomic mass is 9.98. The molecule has 4 N–H and O–H groups in total. The highest BCUT2D eigenvalue weighted by Gasteiger charge is 2.31. The second kappa shape index (κ2) is 9.19. The normalized spacial score (nSPS) is 16.5. The second-order valence-corrected chi connectivity index (χ2v) is 6.67. The van der Waals surface area contributed by atoms with Gasteiger partial charge in [-0.1, -0.05) is 60.7 Å². The minimum atomic E-state index is -0.401. The summed E-state index contributed by atoms with van der Waals surface area (Å²) in [7, 11) is 0. The Hall–Kier alpha value is -3.12. The Balaban J connectivity index is 1.89. The van der Waals surface area contributed by atoms with E-state index >= 15 is 0 Å². The molecule has 0 bridgehead atoms. The summed E-state index contributed by atoms with van der Waals surface area (Å²) in [4.78, 5) is 24.4. The third-order valence-corrected chi connectivity index (χ3v) is 4.74. The summed E-state index contributed by atoms with van der Waals surface area (Å²) in [6, 6.07) is 19.7. The standard InChI is InChI=1S/C22H25N3O3/c1-3-28-21(26)19-15(2)24-22(27)25-18(19)14-23-20(16-10-6-4-7-11-16)17-12-8-5-9-13-17/h4-13,15,20,23H,3,14H2,1-2H3,(H2,24,25,27)/p+1/t15-/m1/s1. The van der Waals surface area contributed by atoms with Crippen LogP contribution in [0, 0.1) is 0 Å². The summed E-state index contributed by atoms with van der Waals surface area (Å²) in [5, 5.41) is 7.64. The van der Waals surface area contributed by atoms with Crippen LogP contribution in [-0.2, 0) is 9.53 Å². The van der Waals surface area contributed by atoms with Gasteiger partial charge in [-0.3, -0.25) is 0 Å². The minimum absolute atomic E-state index is 0.0421. The highest BCUT2D eigenvalue weighted by molar-refractivity contribution is 5.94. The zero-order valence-electron chi connectivity index (χ0n) is 16.1. The Kier molecular flexibility index (Phi) is 6.45. The van der Waals surface area contributed by atoms with E-state index in [4.69, 9.17) is 4.74 Å². The molecule has 6 nitrogen and oxygen atoms in total. The number of urea groups is 1. The average molecular weight is 380 g/mol. The minimum Gasteiger partial charge on any atom is -0.463 e. The van der Waals surface area contributed by atoms with Gasteiger partial charge in [0.15, 0.2) is 0 Å². The van der Waals surface area contributed by atoms with Crippen molar-refractivity contribution >= 4 is 12.0 Å². The first kappa shape index (κ1) is 19.6. The van der Waals surface area contributed by atoms with Crippen LogP contribution in [0.25, 0.3) is 0 Å². The van der Waals surface area contributed by atoms with E-state index < -0.39 is 12.0 Å². The Morgan fingerprint density at radius 1 is 1.07 bits per heavy atom. The summed E-state index contributed by atoms with van der Waals surface area (Å²) in [5.74, 6) is -0.401. The van der Waals surface area contributed by atoms with E-state index in [-0.39, 0.29) is 18.7 Å². The largest absolute Gasteiger partial charge is 0.463 e. The number of hydrogen-bond acceptors (Lipinski definition) is 3. The zero-order valence-corrected chi connectivity index (χ0v) is 16.1. The number of nitrogens with one attached hydrogen (secondary N) is 2. The summed E-state index contributed by atoms with van der Waals surface area (Å²) in [6.45, 7) is 4.29. The summed E-state index contributed by atoms with van der Waals surface area (Å²) in [5.41, 5.74) is 3.37. The quantitative estimate of drug-likeness (QED) is 0.641. The Morgan fingerprint density at radius 2 is 1.64 bits per heavy atom. The molecule has 0 fully saturated rings. The molecule has 1 heterocycles. The van der Waals surface area contributed by atoms with Crippen LogP contribution in [0.4, 0.5) is 4.79 Å². The summed E-state index contributed by atoms with van der Waals surface area (Å²) in [6.07, 6.45) is 0. The van der Waals surface area contributed by atoms with Crippen molar-refractivity contribution in [3.05, 3.63) is 83.1 Å². The predicted molar refractivity (Wildman–Crippen MR) is 106 cm³/mol. The molecule has 2 aromatic rings. The van der Waals surface area contributed by atoms with Crippen molar-refractivity contribution in [2.24, 2.45) is 0 Å². The molecule has 0 aliphatic carbocycles. The third-order valence-electron chi connectivity index (χ3n) is 4.74. The van der Waals surface area contributed by atoms with Gasteiger partial charge >= 0.3 is 12.0 Å². The number of rotatable bonds is 7. The van der Waals surface area contributed by atoms with Crippen molar-refractivity contribution in [1.29, 1.82) is 0 Å². The molecule has 0 saturated carbocycles. The van der Waals surface area contributed by atoms with E-state index in [0.717, 1.165) is 11.1 Å². The lowest BCUT2D eigenvalue weighted by Crippen LogP contribution is -2.86. The summed E-state index contributed by atoms with van der Waals surface area (Å²) < 4.78 is 5.19. The molecule has 1 atom stereocenters. The third kappa shape index (κ3) is 4.58. The molecular formula is C22H26N3O3+. The van der Waals surface area contributed by atoms with Gasteiger partial charge in [0.05, 0.1) is 23.9 Å². The Bertz CT molecular complexity index is 810. The molecule has 2 amide bonds. The van der Waals surface area contributed by atoms with E-state index in [1.54, 1.807) is 13.8 Å². The molecule has 0 radical (unpaired) electrons. The van der Waals surface area contributed by atoms with Crippen LogP contribution < -0.4 is 16.0 Å². The van der Waals surface area contributed by atoms with Gasteiger partial charge in [-0.25, -0.2) is 9.59 Å². The lowest BCUT2D eigenvalue weighted by molar-refractivity contribution is -0.680. The Morgan fingerprint density at radius 3 is 2.18 bits per heavy atom. The van der Waals surface area contributed by atoms with Crippen molar-refractivity contribution in [3.63, 3.8) is 0 Å². The number of hydrogen-bond donors (Lipinski definition) is 3. The number of amides is 2. The zero-order chi connectivity index (χ0) is 19.9. The van der Waals surface area contributed by atoms with Crippen molar-refractivity contribution in [3.8, 4) is 0 Å². The van der Waals surface area contributed by atoms with Crippen molar-refractivity contribution in [2.45, 2.75) is 25.9 Å². The maximum atomic E-state index is 12.4. The fraction of sp³-hybridized carbons (Fsp3) is 0.273. The highest BCUT2D eigenvalue weighted by Crippen LogP contribution is 2.18. The van der Waals surface area contributed by atoms with Crippen LogP contribution >= 0.6 is 0 Å². The average Bonchev–Trinajstić information content (AvgIpc) is 2.69. The summed E-state index contributed by atoms with van der Waals surface area (Å²) >= 11 is 0. The van der Waals surface area contributed by atoms with Gasteiger partial charge in [-0.2, -0.15) is 0 Å². The maximum Gasteiger partial charge on any atom is 0.338 e. The fourth-order valence-electron chi connectivity index (χ4n) is 3.46. The smallest absolute Gasteiger partial charge is 0.338 e. The number of carbonyl (C=O) groups is 2. The monoisotopic (exact) mass is 380 g/mol. The van der Waals surface area contributed by atoms with Crippen molar-refractivity contribution in [1.82, 2.24) is 10.6 Å². The van der Waals surface area contributed by atoms with Gasteiger partial charge in [0.2, 0.25) is 0 Å². The topological polar surface area (TPSA) is 84.0 Å². The molecule has 1 aliphatic rings. The SMILES string of the molecule is CCOC(=O)C1=C(C[NH2+]C(c2ccccc2)c2ccccc2)NC(=O)N[C@@H]1C. The van der Waals surface area contributed by atoms with E-state index in [1.165, 1.54) is 0 Å².